The maximum absolute atomic E-state index is 5.36. The zero-order valence-corrected chi connectivity index (χ0v) is 9.87. The van der Waals surface area contributed by atoms with Gasteiger partial charge in [-0.1, -0.05) is 50.2 Å². The van der Waals surface area contributed by atoms with E-state index < -0.39 is 0 Å². The van der Waals surface area contributed by atoms with Crippen LogP contribution in [0.3, 0.4) is 0 Å². The summed E-state index contributed by atoms with van der Waals surface area (Å²) in [5, 5.41) is 2.41. The van der Waals surface area contributed by atoms with Gasteiger partial charge in [0.05, 0.1) is 7.11 Å². The number of aryl methyl sites for hydroxylation is 1. The van der Waals surface area contributed by atoms with Gasteiger partial charge in [0.2, 0.25) is 0 Å². The fourth-order valence-electron chi connectivity index (χ4n) is 1.62. The summed E-state index contributed by atoms with van der Waals surface area (Å²) in [4.78, 5) is 0. The Bertz CT molecular complexity index is 432. The fourth-order valence-corrected chi connectivity index (χ4v) is 1.62. The van der Waals surface area contributed by atoms with Crippen molar-refractivity contribution in [3.63, 3.8) is 0 Å². The van der Waals surface area contributed by atoms with Gasteiger partial charge < -0.3 is 4.74 Å². The SMILES string of the molecule is CC.COc1c(C)ccc2ccccc12. The van der Waals surface area contributed by atoms with E-state index in [0.29, 0.717) is 0 Å². The Kier molecular flexibility index (Phi) is 4.17. The molecule has 0 N–H and O–H groups in total. The van der Waals surface area contributed by atoms with Gasteiger partial charge in [0, 0.05) is 5.39 Å². The first-order valence-corrected chi connectivity index (χ1v) is 5.35. The zero-order chi connectivity index (χ0) is 11.3. The summed E-state index contributed by atoms with van der Waals surface area (Å²) < 4.78 is 5.36. The average Bonchev–Trinajstić information content (AvgIpc) is 2.32. The Balaban J connectivity index is 0.000000531. The normalized spacial score (nSPS) is 9.33. The van der Waals surface area contributed by atoms with Gasteiger partial charge in [0.15, 0.2) is 0 Å². The number of benzene rings is 2. The third-order valence-corrected chi connectivity index (χ3v) is 2.28. The minimum Gasteiger partial charge on any atom is -0.496 e. The summed E-state index contributed by atoms with van der Waals surface area (Å²) in [5.74, 6) is 0.984. The third-order valence-electron chi connectivity index (χ3n) is 2.28. The first-order chi connectivity index (χ1) is 7.33. The molecule has 0 aliphatic rings. The largest absolute Gasteiger partial charge is 0.496 e. The molecule has 0 heterocycles. The van der Waals surface area contributed by atoms with Crippen molar-refractivity contribution in [2.75, 3.05) is 7.11 Å². The van der Waals surface area contributed by atoms with Crippen LogP contribution in [0.4, 0.5) is 0 Å². The van der Waals surface area contributed by atoms with E-state index in [9.17, 15) is 0 Å². The van der Waals surface area contributed by atoms with Crippen LogP contribution in [0.15, 0.2) is 36.4 Å². The van der Waals surface area contributed by atoms with Crippen molar-refractivity contribution >= 4 is 10.8 Å². The van der Waals surface area contributed by atoms with Gasteiger partial charge in [-0.15, -0.1) is 0 Å². The van der Waals surface area contributed by atoms with Gasteiger partial charge in [-0.2, -0.15) is 0 Å². The topological polar surface area (TPSA) is 9.23 Å². The minimum atomic E-state index is 0.984. The van der Waals surface area contributed by atoms with Crippen LogP contribution in [0.5, 0.6) is 5.75 Å². The molecule has 1 heteroatoms. The van der Waals surface area contributed by atoms with E-state index >= 15 is 0 Å². The molecular formula is C14H18O. The third kappa shape index (κ3) is 2.30. The lowest BCUT2D eigenvalue weighted by Crippen LogP contribution is -1.88. The van der Waals surface area contributed by atoms with Crippen molar-refractivity contribution < 1.29 is 4.74 Å². The van der Waals surface area contributed by atoms with E-state index in [1.165, 1.54) is 16.3 Å². The highest BCUT2D eigenvalue weighted by Gasteiger charge is 2.02. The van der Waals surface area contributed by atoms with Crippen LogP contribution in [0.2, 0.25) is 0 Å². The summed E-state index contributed by atoms with van der Waals surface area (Å²) in [7, 11) is 1.72. The predicted molar refractivity (Wildman–Crippen MR) is 66.6 cm³/mol. The van der Waals surface area contributed by atoms with Gasteiger partial charge in [-0.25, -0.2) is 0 Å². The minimum absolute atomic E-state index is 0.984. The molecular weight excluding hydrogens is 184 g/mol. The Labute approximate surface area is 91.7 Å². The molecule has 0 atom stereocenters. The molecule has 0 radical (unpaired) electrons. The van der Waals surface area contributed by atoms with Gasteiger partial charge in [0.1, 0.15) is 5.75 Å². The lowest BCUT2D eigenvalue weighted by Gasteiger charge is -2.07. The van der Waals surface area contributed by atoms with Crippen LogP contribution in [0.1, 0.15) is 19.4 Å². The molecule has 0 aliphatic carbocycles. The molecule has 1 nitrogen and oxygen atoms in total. The summed E-state index contributed by atoms with van der Waals surface area (Å²) in [6.07, 6.45) is 0. The Morgan fingerprint density at radius 1 is 0.933 bits per heavy atom. The molecule has 2 aromatic rings. The number of methoxy groups -OCH3 is 1. The van der Waals surface area contributed by atoms with Crippen LogP contribution in [0, 0.1) is 6.92 Å². The number of ether oxygens (including phenoxy) is 1. The molecule has 0 unspecified atom stereocenters. The van der Waals surface area contributed by atoms with Crippen molar-refractivity contribution in [2.24, 2.45) is 0 Å². The number of fused-ring (bicyclic) bond motifs is 1. The Morgan fingerprint density at radius 3 is 2.27 bits per heavy atom. The second kappa shape index (κ2) is 5.40. The smallest absolute Gasteiger partial charge is 0.129 e. The summed E-state index contributed by atoms with van der Waals surface area (Å²) in [6.45, 7) is 6.06. The van der Waals surface area contributed by atoms with E-state index in [0.717, 1.165) is 5.75 Å². The Morgan fingerprint density at radius 2 is 1.60 bits per heavy atom. The lowest BCUT2D eigenvalue weighted by atomic mass is 10.1. The first kappa shape index (κ1) is 11.6. The Hall–Kier alpha value is -1.50. The average molecular weight is 202 g/mol. The molecule has 0 aromatic heterocycles. The molecule has 0 fully saturated rings. The van der Waals surface area contributed by atoms with Crippen molar-refractivity contribution in [2.45, 2.75) is 20.8 Å². The molecule has 0 aliphatic heterocycles. The monoisotopic (exact) mass is 202 g/mol. The highest BCUT2D eigenvalue weighted by molar-refractivity contribution is 5.89. The molecule has 2 aromatic carbocycles. The lowest BCUT2D eigenvalue weighted by molar-refractivity contribution is 0.417. The molecule has 0 saturated carbocycles. The maximum Gasteiger partial charge on any atom is 0.129 e. The highest BCUT2D eigenvalue weighted by Crippen LogP contribution is 2.28. The molecule has 2 rings (SSSR count). The molecule has 0 bridgehead atoms. The number of hydrogen-bond acceptors (Lipinski definition) is 1. The van der Waals surface area contributed by atoms with E-state index in [1.54, 1.807) is 7.11 Å². The van der Waals surface area contributed by atoms with Crippen molar-refractivity contribution in [3.05, 3.63) is 42.0 Å². The number of rotatable bonds is 1. The van der Waals surface area contributed by atoms with Crippen molar-refractivity contribution in [1.82, 2.24) is 0 Å². The van der Waals surface area contributed by atoms with Crippen LogP contribution in [0.25, 0.3) is 10.8 Å². The summed E-state index contributed by atoms with van der Waals surface area (Å²) in [6, 6.07) is 12.5. The molecule has 0 amide bonds. The van der Waals surface area contributed by atoms with Gasteiger partial charge in [0.25, 0.3) is 0 Å². The molecule has 0 spiro atoms. The molecule has 0 saturated heterocycles. The maximum atomic E-state index is 5.36. The van der Waals surface area contributed by atoms with Crippen LogP contribution < -0.4 is 4.74 Å². The number of hydrogen-bond donors (Lipinski definition) is 0. The molecule has 80 valence electrons. The second-order valence-electron chi connectivity index (χ2n) is 3.14. The first-order valence-electron chi connectivity index (χ1n) is 5.35. The van der Waals surface area contributed by atoms with Crippen LogP contribution >= 0.6 is 0 Å². The van der Waals surface area contributed by atoms with E-state index in [4.69, 9.17) is 4.74 Å². The van der Waals surface area contributed by atoms with E-state index in [2.05, 4.69) is 31.2 Å². The molecule has 15 heavy (non-hydrogen) atoms. The van der Waals surface area contributed by atoms with E-state index in [-0.39, 0.29) is 0 Å². The van der Waals surface area contributed by atoms with Crippen LogP contribution in [-0.4, -0.2) is 7.11 Å². The quantitative estimate of drug-likeness (QED) is 0.674. The standard InChI is InChI=1S/C12H12O.C2H6/c1-9-7-8-10-5-3-4-6-11(10)12(9)13-2;1-2/h3-8H,1-2H3;1-2H3. The van der Waals surface area contributed by atoms with Gasteiger partial charge in [-0.3, -0.25) is 0 Å². The summed E-state index contributed by atoms with van der Waals surface area (Å²) in [5.41, 5.74) is 1.18. The van der Waals surface area contributed by atoms with Crippen LogP contribution in [-0.2, 0) is 0 Å². The van der Waals surface area contributed by atoms with Gasteiger partial charge in [-0.05, 0) is 17.9 Å². The summed E-state index contributed by atoms with van der Waals surface area (Å²) >= 11 is 0. The zero-order valence-electron chi connectivity index (χ0n) is 9.87. The predicted octanol–water partition coefficient (Wildman–Crippen LogP) is 4.18. The second-order valence-corrected chi connectivity index (χ2v) is 3.14. The van der Waals surface area contributed by atoms with Crippen molar-refractivity contribution in [1.29, 1.82) is 0 Å². The van der Waals surface area contributed by atoms with E-state index in [1.807, 2.05) is 26.0 Å². The highest BCUT2D eigenvalue weighted by atomic mass is 16.5. The fraction of sp³-hybridized carbons (Fsp3) is 0.286. The van der Waals surface area contributed by atoms with Gasteiger partial charge >= 0.3 is 0 Å². The van der Waals surface area contributed by atoms with Crippen molar-refractivity contribution in [3.8, 4) is 5.75 Å².